The number of phenolic OH excluding ortho intramolecular Hbond substituents is 1. The lowest BCUT2D eigenvalue weighted by Gasteiger charge is -2.07. The number of rotatable bonds is 3. The van der Waals surface area contributed by atoms with Gasteiger partial charge < -0.3 is 10.4 Å². The summed E-state index contributed by atoms with van der Waals surface area (Å²) in [4.78, 5) is 21.7. The van der Waals surface area contributed by atoms with Gasteiger partial charge in [0.15, 0.2) is 5.82 Å². The molecule has 0 aromatic heterocycles. The van der Waals surface area contributed by atoms with Crippen LogP contribution in [0.5, 0.6) is 5.75 Å². The molecule has 21 heavy (non-hydrogen) atoms. The number of benzene rings is 2. The molecule has 0 aliphatic heterocycles. The largest absolute Gasteiger partial charge is 0.508 e. The van der Waals surface area contributed by atoms with E-state index in [1.165, 1.54) is 12.1 Å². The van der Waals surface area contributed by atoms with Crippen LogP contribution in [-0.4, -0.2) is 15.9 Å². The van der Waals surface area contributed by atoms with Crippen LogP contribution in [-0.2, 0) is 0 Å². The van der Waals surface area contributed by atoms with Gasteiger partial charge in [-0.05, 0) is 30.7 Å². The number of amides is 1. The molecule has 108 valence electrons. The third-order valence-corrected chi connectivity index (χ3v) is 2.88. The van der Waals surface area contributed by atoms with Crippen LogP contribution in [0.4, 0.5) is 15.8 Å². The topological polar surface area (TPSA) is 92.5 Å². The number of halogens is 1. The maximum absolute atomic E-state index is 13.7. The minimum absolute atomic E-state index is 0.0492. The van der Waals surface area contributed by atoms with E-state index >= 15 is 0 Å². The summed E-state index contributed by atoms with van der Waals surface area (Å²) >= 11 is 0. The molecule has 0 radical (unpaired) electrons. The summed E-state index contributed by atoms with van der Waals surface area (Å²) in [5.74, 6) is -1.58. The first-order chi connectivity index (χ1) is 9.88. The minimum atomic E-state index is -0.908. The summed E-state index contributed by atoms with van der Waals surface area (Å²) in [5, 5.41) is 22.3. The predicted molar refractivity (Wildman–Crippen MR) is 73.9 cm³/mol. The lowest BCUT2D eigenvalue weighted by molar-refractivity contribution is -0.385. The van der Waals surface area contributed by atoms with E-state index in [9.17, 15) is 24.4 Å². The third kappa shape index (κ3) is 3.14. The molecule has 0 unspecified atom stereocenters. The molecule has 0 saturated heterocycles. The highest BCUT2D eigenvalue weighted by Gasteiger charge is 2.14. The monoisotopic (exact) mass is 290 g/mol. The van der Waals surface area contributed by atoms with Gasteiger partial charge in [0.1, 0.15) is 5.75 Å². The summed E-state index contributed by atoms with van der Waals surface area (Å²) in [7, 11) is 0. The van der Waals surface area contributed by atoms with Crippen molar-refractivity contribution >= 4 is 17.3 Å². The van der Waals surface area contributed by atoms with E-state index in [-0.39, 0.29) is 17.0 Å². The fraction of sp³-hybridized carbons (Fsp3) is 0.0714. The van der Waals surface area contributed by atoms with Crippen molar-refractivity contribution in [1.82, 2.24) is 0 Å². The molecule has 0 saturated carbocycles. The van der Waals surface area contributed by atoms with Gasteiger partial charge in [0.05, 0.1) is 16.7 Å². The van der Waals surface area contributed by atoms with E-state index in [0.29, 0.717) is 5.56 Å². The number of carbonyl (C=O) groups excluding carboxylic acids is 1. The predicted octanol–water partition coefficient (Wildman–Crippen LogP) is 3.00. The number of hydrogen-bond donors (Lipinski definition) is 2. The van der Waals surface area contributed by atoms with Crippen molar-refractivity contribution in [2.45, 2.75) is 6.92 Å². The molecule has 7 heteroatoms. The Morgan fingerprint density at radius 2 is 2.00 bits per heavy atom. The van der Waals surface area contributed by atoms with Crippen molar-refractivity contribution in [2.24, 2.45) is 0 Å². The first kappa shape index (κ1) is 14.4. The highest BCUT2D eigenvalue weighted by molar-refractivity contribution is 6.04. The summed E-state index contributed by atoms with van der Waals surface area (Å²) in [5.41, 5.74) is 0.174. The van der Waals surface area contributed by atoms with E-state index in [2.05, 4.69) is 5.32 Å². The number of aryl methyl sites for hydroxylation is 1. The number of hydrogen-bond acceptors (Lipinski definition) is 4. The zero-order valence-electron chi connectivity index (χ0n) is 11.0. The van der Waals surface area contributed by atoms with Crippen LogP contribution in [0.3, 0.4) is 0 Å². The molecule has 0 fully saturated rings. The van der Waals surface area contributed by atoms with Crippen LogP contribution in [0.2, 0.25) is 0 Å². The minimum Gasteiger partial charge on any atom is -0.508 e. The molecule has 2 rings (SSSR count). The summed E-state index contributed by atoms with van der Waals surface area (Å²) in [6.45, 7) is 1.67. The smallest absolute Gasteiger partial charge is 0.272 e. The van der Waals surface area contributed by atoms with Gasteiger partial charge in [-0.15, -0.1) is 0 Å². The maximum atomic E-state index is 13.7. The van der Waals surface area contributed by atoms with Crippen molar-refractivity contribution in [3.63, 3.8) is 0 Å². The van der Waals surface area contributed by atoms with Crippen molar-refractivity contribution < 1.29 is 19.2 Å². The van der Waals surface area contributed by atoms with E-state index in [1.807, 2.05) is 0 Å². The average Bonchev–Trinajstić information content (AvgIpc) is 2.43. The second-order valence-electron chi connectivity index (χ2n) is 4.38. The Bertz CT molecular complexity index is 731. The first-order valence-corrected chi connectivity index (χ1v) is 5.93. The van der Waals surface area contributed by atoms with Crippen LogP contribution < -0.4 is 5.32 Å². The molecular formula is C14H11FN2O4. The van der Waals surface area contributed by atoms with Crippen molar-refractivity contribution in [3.8, 4) is 5.75 Å². The fourth-order valence-electron chi connectivity index (χ4n) is 1.66. The SMILES string of the molecule is Cc1ccc(C(=O)Nc2ccc([N+](=O)[O-])cc2F)cc1O. The number of non-ortho nitro benzene ring substituents is 1. The number of anilines is 1. The summed E-state index contributed by atoms with van der Waals surface area (Å²) < 4.78 is 13.7. The van der Waals surface area contributed by atoms with Gasteiger partial charge in [-0.25, -0.2) is 4.39 Å². The van der Waals surface area contributed by atoms with E-state index in [0.717, 1.165) is 18.2 Å². The standard InChI is InChI=1S/C14H11FN2O4/c1-8-2-3-9(6-13(8)18)14(19)16-12-5-4-10(17(20)21)7-11(12)15/h2-7,18H,1H3,(H,16,19). The van der Waals surface area contributed by atoms with Crippen LogP contribution in [0.15, 0.2) is 36.4 Å². The molecule has 0 aliphatic carbocycles. The second kappa shape index (κ2) is 5.58. The van der Waals surface area contributed by atoms with Gasteiger partial charge in [0.25, 0.3) is 11.6 Å². The maximum Gasteiger partial charge on any atom is 0.272 e. The third-order valence-electron chi connectivity index (χ3n) is 2.88. The zero-order chi connectivity index (χ0) is 15.6. The molecule has 6 nitrogen and oxygen atoms in total. The number of nitrogens with zero attached hydrogens (tertiary/aromatic N) is 1. The Morgan fingerprint density at radius 1 is 1.29 bits per heavy atom. The van der Waals surface area contributed by atoms with Crippen molar-refractivity contribution in [1.29, 1.82) is 0 Å². The quantitative estimate of drug-likeness (QED) is 0.671. The molecule has 2 aromatic carbocycles. The Morgan fingerprint density at radius 3 is 2.57 bits per heavy atom. The van der Waals surface area contributed by atoms with Crippen LogP contribution >= 0.6 is 0 Å². The lowest BCUT2D eigenvalue weighted by atomic mass is 10.1. The number of nitro groups is 1. The molecule has 0 heterocycles. The van der Waals surface area contributed by atoms with E-state index < -0.39 is 22.3 Å². The number of nitrogens with one attached hydrogen (secondary N) is 1. The Labute approximate surface area is 119 Å². The molecule has 0 spiro atoms. The number of phenols is 1. The van der Waals surface area contributed by atoms with Crippen molar-refractivity contribution in [2.75, 3.05) is 5.32 Å². The normalized spacial score (nSPS) is 10.2. The van der Waals surface area contributed by atoms with Gasteiger partial charge in [0, 0.05) is 11.6 Å². The molecule has 0 aliphatic rings. The second-order valence-corrected chi connectivity index (χ2v) is 4.38. The number of nitro benzene ring substituents is 1. The molecular weight excluding hydrogens is 279 g/mol. The van der Waals surface area contributed by atoms with E-state index in [1.54, 1.807) is 13.0 Å². The van der Waals surface area contributed by atoms with Gasteiger partial charge in [-0.1, -0.05) is 6.07 Å². The first-order valence-electron chi connectivity index (χ1n) is 5.93. The Hall–Kier alpha value is -2.96. The van der Waals surface area contributed by atoms with Gasteiger partial charge >= 0.3 is 0 Å². The average molecular weight is 290 g/mol. The van der Waals surface area contributed by atoms with E-state index in [4.69, 9.17) is 0 Å². The lowest BCUT2D eigenvalue weighted by Crippen LogP contribution is -2.13. The van der Waals surface area contributed by atoms with Gasteiger partial charge in [-0.2, -0.15) is 0 Å². The molecule has 2 aromatic rings. The number of aromatic hydroxyl groups is 1. The highest BCUT2D eigenvalue weighted by atomic mass is 19.1. The fourth-order valence-corrected chi connectivity index (χ4v) is 1.66. The molecule has 0 atom stereocenters. The zero-order valence-corrected chi connectivity index (χ0v) is 11.0. The molecule has 2 N–H and O–H groups in total. The number of carbonyl (C=O) groups is 1. The van der Waals surface area contributed by atoms with Crippen LogP contribution in [0.1, 0.15) is 15.9 Å². The Kier molecular flexibility index (Phi) is 3.84. The van der Waals surface area contributed by atoms with Crippen molar-refractivity contribution in [3.05, 3.63) is 63.5 Å². The van der Waals surface area contributed by atoms with Gasteiger partial charge in [-0.3, -0.25) is 14.9 Å². The highest BCUT2D eigenvalue weighted by Crippen LogP contribution is 2.22. The summed E-state index contributed by atoms with van der Waals surface area (Å²) in [6.07, 6.45) is 0. The van der Waals surface area contributed by atoms with Gasteiger partial charge in [0.2, 0.25) is 0 Å². The molecule has 0 bridgehead atoms. The Balaban J connectivity index is 2.23. The van der Waals surface area contributed by atoms with Crippen LogP contribution in [0.25, 0.3) is 0 Å². The van der Waals surface area contributed by atoms with Crippen LogP contribution in [0, 0.1) is 22.9 Å². The summed E-state index contributed by atoms with van der Waals surface area (Å²) in [6, 6.07) is 7.21. The molecule has 1 amide bonds.